The lowest BCUT2D eigenvalue weighted by Crippen LogP contribution is -2.27. The van der Waals surface area contributed by atoms with Crippen LogP contribution < -0.4 is 10.5 Å². The average molecular weight is 291 g/mol. The average Bonchev–Trinajstić information content (AvgIpc) is 2.41. The van der Waals surface area contributed by atoms with E-state index >= 15 is 0 Å². The molecule has 4 heteroatoms. The van der Waals surface area contributed by atoms with Crippen molar-refractivity contribution in [1.29, 1.82) is 0 Å². The molecule has 0 fully saturated rings. The fraction of sp³-hybridized carbons (Fsp3) is 0.294. The van der Waals surface area contributed by atoms with Crippen LogP contribution in [-0.4, -0.2) is 0 Å². The monoisotopic (exact) mass is 291 g/mol. The molecule has 2 aromatic rings. The molecule has 112 valence electrons. The summed E-state index contributed by atoms with van der Waals surface area (Å²) >= 11 is 0. The van der Waals surface area contributed by atoms with E-state index < -0.39 is 11.4 Å². The molecular weight excluding hydrogens is 272 g/mol. The molecule has 0 radical (unpaired) electrons. The molecule has 0 saturated heterocycles. The minimum Gasteiger partial charge on any atom is -0.480 e. The van der Waals surface area contributed by atoms with Gasteiger partial charge in [0.15, 0.2) is 11.6 Å². The Labute approximate surface area is 123 Å². The van der Waals surface area contributed by atoms with E-state index in [-0.39, 0.29) is 11.6 Å². The van der Waals surface area contributed by atoms with Gasteiger partial charge in [-0.05, 0) is 55.7 Å². The number of halogens is 2. The van der Waals surface area contributed by atoms with Crippen LogP contribution in [0.4, 0.5) is 14.5 Å². The second-order valence-corrected chi connectivity index (χ2v) is 5.46. The molecule has 0 aliphatic rings. The molecule has 0 saturated carbocycles. The van der Waals surface area contributed by atoms with Gasteiger partial charge in [-0.3, -0.25) is 0 Å². The third-order valence-corrected chi connectivity index (χ3v) is 3.42. The van der Waals surface area contributed by atoms with Gasteiger partial charge in [0.2, 0.25) is 0 Å². The number of hydrogen-bond acceptors (Lipinski definition) is 2. The van der Waals surface area contributed by atoms with Gasteiger partial charge in [0.05, 0.1) is 0 Å². The second-order valence-electron chi connectivity index (χ2n) is 5.46. The van der Waals surface area contributed by atoms with Gasteiger partial charge in [-0.25, -0.2) is 8.78 Å². The Balaban J connectivity index is 2.37. The Kier molecular flexibility index (Phi) is 4.16. The first kappa shape index (κ1) is 15.3. The Morgan fingerprint density at radius 2 is 1.81 bits per heavy atom. The summed E-state index contributed by atoms with van der Waals surface area (Å²) in [6.07, 6.45) is 0.671. The molecule has 0 heterocycles. The molecule has 0 unspecified atom stereocenters. The quantitative estimate of drug-likeness (QED) is 0.846. The number of rotatable bonds is 4. The molecular formula is C17H19F2NO. The summed E-state index contributed by atoms with van der Waals surface area (Å²) in [7, 11) is 0. The predicted molar refractivity (Wildman–Crippen MR) is 80.2 cm³/mol. The Morgan fingerprint density at radius 3 is 2.43 bits per heavy atom. The summed E-state index contributed by atoms with van der Waals surface area (Å²) in [4.78, 5) is 0. The maximum atomic E-state index is 13.9. The maximum absolute atomic E-state index is 13.9. The second kappa shape index (κ2) is 5.72. The van der Waals surface area contributed by atoms with Gasteiger partial charge < -0.3 is 10.5 Å². The van der Waals surface area contributed by atoms with Gasteiger partial charge in [-0.2, -0.15) is 0 Å². The van der Waals surface area contributed by atoms with Gasteiger partial charge in [0, 0.05) is 11.8 Å². The summed E-state index contributed by atoms with van der Waals surface area (Å²) in [6.45, 7) is 5.60. The smallest absolute Gasteiger partial charge is 0.167 e. The van der Waals surface area contributed by atoms with Crippen molar-refractivity contribution in [3.05, 3.63) is 59.2 Å². The van der Waals surface area contributed by atoms with Gasteiger partial charge in [-0.15, -0.1) is 0 Å². The minimum atomic E-state index is -0.782. The Hall–Kier alpha value is -2.10. The van der Waals surface area contributed by atoms with Crippen LogP contribution >= 0.6 is 0 Å². The topological polar surface area (TPSA) is 35.2 Å². The van der Waals surface area contributed by atoms with Gasteiger partial charge in [0.25, 0.3) is 0 Å². The fourth-order valence-electron chi connectivity index (χ4n) is 2.37. The number of ether oxygens (including phenoxy) is 1. The molecule has 21 heavy (non-hydrogen) atoms. The van der Waals surface area contributed by atoms with E-state index in [0.717, 1.165) is 11.1 Å². The van der Waals surface area contributed by atoms with Crippen LogP contribution in [0.1, 0.15) is 31.9 Å². The van der Waals surface area contributed by atoms with Crippen molar-refractivity contribution in [2.24, 2.45) is 0 Å². The normalized spacial score (nSPS) is 11.5. The Bertz CT molecular complexity index is 653. The van der Waals surface area contributed by atoms with Gasteiger partial charge in [-0.1, -0.05) is 13.0 Å². The summed E-state index contributed by atoms with van der Waals surface area (Å²) in [5.41, 5.74) is 6.77. The van der Waals surface area contributed by atoms with E-state index in [1.807, 2.05) is 20.8 Å². The molecule has 2 N–H and O–H groups in total. The molecule has 0 spiro atoms. The standard InChI is InChI=1S/C17H19F2NO/c1-4-11-9-12(18)5-7-14(11)17(2,3)21-16-8-6-13(20)10-15(16)19/h5-10H,4,20H2,1-3H3. The molecule has 2 aromatic carbocycles. The molecule has 0 atom stereocenters. The molecule has 0 aromatic heterocycles. The first-order chi connectivity index (χ1) is 9.83. The van der Waals surface area contributed by atoms with Gasteiger partial charge >= 0.3 is 0 Å². The van der Waals surface area contributed by atoms with Crippen LogP contribution in [0.25, 0.3) is 0 Å². The lowest BCUT2D eigenvalue weighted by Gasteiger charge is -2.29. The van der Waals surface area contributed by atoms with Gasteiger partial charge in [0.1, 0.15) is 11.4 Å². The van der Waals surface area contributed by atoms with Crippen LogP contribution in [0, 0.1) is 11.6 Å². The van der Waals surface area contributed by atoms with E-state index in [2.05, 4.69) is 0 Å². The molecule has 0 aliphatic heterocycles. The zero-order chi connectivity index (χ0) is 15.6. The van der Waals surface area contributed by atoms with Crippen LogP contribution in [0.3, 0.4) is 0 Å². The molecule has 0 bridgehead atoms. The summed E-state index contributed by atoms with van der Waals surface area (Å²) in [5, 5.41) is 0. The summed E-state index contributed by atoms with van der Waals surface area (Å²) < 4.78 is 33.0. The highest BCUT2D eigenvalue weighted by Crippen LogP contribution is 2.32. The summed E-state index contributed by atoms with van der Waals surface area (Å²) in [6, 6.07) is 8.86. The van der Waals surface area contributed by atoms with Crippen molar-refractivity contribution in [2.75, 3.05) is 5.73 Å². The van der Waals surface area contributed by atoms with Crippen molar-refractivity contribution in [3.8, 4) is 5.75 Å². The zero-order valence-electron chi connectivity index (χ0n) is 12.4. The highest BCUT2D eigenvalue weighted by molar-refractivity contribution is 5.43. The van der Waals surface area contributed by atoms with E-state index in [1.54, 1.807) is 12.1 Å². The van der Waals surface area contributed by atoms with E-state index in [9.17, 15) is 8.78 Å². The largest absolute Gasteiger partial charge is 0.480 e. The maximum Gasteiger partial charge on any atom is 0.167 e. The molecule has 2 nitrogen and oxygen atoms in total. The number of nitrogen functional groups attached to an aromatic ring is 1. The lowest BCUT2D eigenvalue weighted by molar-refractivity contribution is 0.102. The Morgan fingerprint density at radius 1 is 1.10 bits per heavy atom. The highest BCUT2D eigenvalue weighted by atomic mass is 19.1. The van der Waals surface area contributed by atoms with Crippen LogP contribution in [0.5, 0.6) is 5.75 Å². The van der Waals surface area contributed by atoms with E-state index in [0.29, 0.717) is 12.1 Å². The van der Waals surface area contributed by atoms with Crippen molar-refractivity contribution < 1.29 is 13.5 Å². The van der Waals surface area contributed by atoms with Crippen molar-refractivity contribution in [1.82, 2.24) is 0 Å². The SMILES string of the molecule is CCc1cc(F)ccc1C(C)(C)Oc1ccc(N)cc1F. The van der Waals surface area contributed by atoms with Crippen LogP contribution in [0.15, 0.2) is 36.4 Å². The highest BCUT2D eigenvalue weighted by Gasteiger charge is 2.26. The van der Waals surface area contributed by atoms with E-state index in [1.165, 1.54) is 24.3 Å². The number of aryl methyl sites for hydroxylation is 1. The lowest BCUT2D eigenvalue weighted by atomic mass is 9.91. The first-order valence-corrected chi connectivity index (χ1v) is 6.86. The van der Waals surface area contributed by atoms with Crippen molar-refractivity contribution >= 4 is 5.69 Å². The first-order valence-electron chi connectivity index (χ1n) is 6.86. The third kappa shape index (κ3) is 3.32. The number of anilines is 1. The van der Waals surface area contributed by atoms with Crippen LogP contribution in [-0.2, 0) is 12.0 Å². The minimum absolute atomic E-state index is 0.126. The third-order valence-electron chi connectivity index (χ3n) is 3.42. The molecule has 2 rings (SSSR count). The van der Waals surface area contributed by atoms with Crippen molar-refractivity contribution in [2.45, 2.75) is 32.8 Å². The van der Waals surface area contributed by atoms with Crippen LogP contribution in [0.2, 0.25) is 0 Å². The van der Waals surface area contributed by atoms with Crippen molar-refractivity contribution in [3.63, 3.8) is 0 Å². The number of benzene rings is 2. The zero-order valence-corrected chi connectivity index (χ0v) is 12.4. The molecule has 0 aliphatic carbocycles. The predicted octanol–water partition coefficient (Wildman–Crippen LogP) is 4.42. The molecule has 0 amide bonds. The summed E-state index contributed by atoms with van der Waals surface area (Å²) in [5.74, 6) is -0.672. The number of nitrogens with two attached hydrogens (primary N) is 1. The van der Waals surface area contributed by atoms with E-state index in [4.69, 9.17) is 10.5 Å². The fourth-order valence-corrected chi connectivity index (χ4v) is 2.37. The number of hydrogen-bond donors (Lipinski definition) is 1.